The van der Waals surface area contributed by atoms with Crippen LogP contribution in [0.2, 0.25) is 0 Å². The zero-order valence-electron chi connectivity index (χ0n) is 24.0. The molecule has 1 heterocycles. The number of hydrogen-bond donors (Lipinski definition) is 0. The molecule has 0 amide bonds. The van der Waals surface area contributed by atoms with Crippen LogP contribution >= 0.6 is 0 Å². The van der Waals surface area contributed by atoms with E-state index >= 15 is 0 Å². The van der Waals surface area contributed by atoms with Crippen LogP contribution in [0.5, 0.6) is 5.75 Å². The van der Waals surface area contributed by atoms with Gasteiger partial charge in [-0.3, -0.25) is 9.69 Å². The predicted octanol–water partition coefficient (Wildman–Crippen LogP) is 6.28. The zero-order valence-corrected chi connectivity index (χ0v) is 24.0. The van der Waals surface area contributed by atoms with Gasteiger partial charge in [0.05, 0.1) is 25.8 Å². The van der Waals surface area contributed by atoms with Crippen LogP contribution in [0.25, 0.3) is 34.0 Å². The molecule has 41 heavy (non-hydrogen) atoms. The highest BCUT2D eigenvalue weighted by atomic mass is 19.2. The summed E-state index contributed by atoms with van der Waals surface area (Å²) in [6.45, 7) is 5.78. The Bertz CT molecular complexity index is 1530. The second-order valence-electron chi connectivity index (χ2n) is 10.6. The van der Waals surface area contributed by atoms with Crippen molar-refractivity contribution >= 4 is 5.97 Å². The number of carbonyl (C=O) groups is 1. The molecule has 0 spiro atoms. The van der Waals surface area contributed by atoms with Crippen molar-refractivity contribution in [2.75, 3.05) is 27.8 Å². The van der Waals surface area contributed by atoms with Gasteiger partial charge in [-0.05, 0) is 74.8 Å². The summed E-state index contributed by atoms with van der Waals surface area (Å²) in [5, 5.41) is 3.93. The van der Waals surface area contributed by atoms with Gasteiger partial charge in [-0.15, -0.1) is 0 Å². The highest BCUT2D eigenvalue weighted by Crippen LogP contribution is 2.35. The Hall–Kier alpha value is -4.15. The van der Waals surface area contributed by atoms with E-state index in [-0.39, 0.29) is 30.4 Å². The third-order valence-corrected chi connectivity index (χ3v) is 6.08. The summed E-state index contributed by atoms with van der Waals surface area (Å²) in [6.07, 6.45) is 0. The summed E-state index contributed by atoms with van der Waals surface area (Å²) in [5.41, 5.74) is 2.89. The normalized spacial score (nSPS) is 11.6. The molecule has 0 bridgehead atoms. The molecule has 0 aliphatic heterocycles. The molecule has 0 unspecified atom stereocenters. The SMILES string of the molecule is COCc1cc(-c2nc(-c3cc(CN(C)CC(=O)OC(C)(C)C)cc(F)c3F)no2)ccc1-c1ccccc1OC. The molecule has 0 fully saturated rings. The molecular formula is C31H33F2N3O5. The fraction of sp³-hybridized carbons (Fsp3) is 0.323. The number of likely N-dealkylation sites (N-methyl/N-ethyl adjacent to an activating group) is 1. The summed E-state index contributed by atoms with van der Waals surface area (Å²) in [7, 11) is 4.89. The van der Waals surface area contributed by atoms with Crippen molar-refractivity contribution in [1.82, 2.24) is 15.0 Å². The number of para-hydroxylation sites is 1. The lowest BCUT2D eigenvalue weighted by molar-refractivity contribution is -0.155. The molecule has 1 aromatic heterocycles. The van der Waals surface area contributed by atoms with Crippen LogP contribution in [-0.4, -0.2) is 54.4 Å². The number of ether oxygens (including phenoxy) is 3. The fourth-order valence-corrected chi connectivity index (χ4v) is 4.44. The van der Waals surface area contributed by atoms with Crippen molar-refractivity contribution in [2.24, 2.45) is 0 Å². The zero-order chi connectivity index (χ0) is 29.7. The standard InChI is InChI=1S/C31H33F2N3O5/c1-31(2,3)40-27(37)17-36(4)16-19-13-24(28(33)25(32)14-19)29-34-30(41-35-29)20-11-12-22(21(15-20)18-38-5)23-9-7-8-10-26(23)39-6/h7-15H,16-18H2,1-6H3. The molecule has 4 aromatic rings. The van der Waals surface area contributed by atoms with Gasteiger partial charge in [0.1, 0.15) is 11.4 Å². The Morgan fingerprint density at radius 3 is 2.46 bits per heavy atom. The maximum absolute atomic E-state index is 14.9. The molecule has 0 aliphatic rings. The lowest BCUT2D eigenvalue weighted by atomic mass is 9.97. The van der Waals surface area contributed by atoms with Crippen molar-refractivity contribution in [3.8, 4) is 39.7 Å². The van der Waals surface area contributed by atoms with E-state index in [1.54, 1.807) is 53.0 Å². The molecule has 4 rings (SSSR count). The van der Waals surface area contributed by atoms with Crippen LogP contribution in [0.3, 0.4) is 0 Å². The van der Waals surface area contributed by atoms with E-state index in [0.29, 0.717) is 23.5 Å². The maximum atomic E-state index is 14.9. The Morgan fingerprint density at radius 1 is 1.00 bits per heavy atom. The highest BCUT2D eigenvalue weighted by Gasteiger charge is 2.22. The van der Waals surface area contributed by atoms with Gasteiger partial charge in [0.15, 0.2) is 11.6 Å². The number of nitrogens with zero attached hydrogens (tertiary/aromatic N) is 3. The van der Waals surface area contributed by atoms with E-state index < -0.39 is 23.2 Å². The number of hydrogen-bond acceptors (Lipinski definition) is 8. The molecule has 0 N–H and O–H groups in total. The van der Waals surface area contributed by atoms with E-state index in [4.69, 9.17) is 18.7 Å². The summed E-state index contributed by atoms with van der Waals surface area (Å²) >= 11 is 0. The molecule has 0 atom stereocenters. The summed E-state index contributed by atoms with van der Waals surface area (Å²) < 4.78 is 51.2. The summed E-state index contributed by atoms with van der Waals surface area (Å²) in [6, 6.07) is 15.7. The highest BCUT2D eigenvalue weighted by molar-refractivity contribution is 5.76. The van der Waals surface area contributed by atoms with Crippen LogP contribution in [0, 0.1) is 11.6 Å². The van der Waals surface area contributed by atoms with Crippen LogP contribution in [0.4, 0.5) is 8.78 Å². The van der Waals surface area contributed by atoms with Gasteiger partial charge in [-0.25, -0.2) is 8.78 Å². The van der Waals surface area contributed by atoms with Crippen LogP contribution in [0.1, 0.15) is 31.9 Å². The average molecular weight is 566 g/mol. The first kappa shape index (κ1) is 29.8. The lowest BCUT2D eigenvalue weighted by Crippen LogP contribution is -2.32. The number of carbonyl (C=O) groups excluding carboxylic acids is 1. The minimum atomic E-state index is -1.09. The minimum Gasteiger partial charge on any atom is -0.496 e. The molecule has 3 aromatic carbocycles. The smallest absolute Gasteiger partial charge is 0.320 e. The van der Waals surface area contributed by atoms with Crippen LogP contribution < -0.4 is 4.74 Å². The Balaban J connectivity index is 1.61. The number of aromatic nitrogens is 2. The van der Waals surface area contributed by atoms with Gasteiger partial charge in [-0.1, -0.05) is 29.4 Å². The number of esters is 1. The van der Waals surface area contributed by atoms with E-state index in [9.17, 15) is 13.6 Å². The van der Waals surface area contributed by atoms with Crippen LogP contribution in [0.15, 0.2) is 59.1 Å². The average Bonchev–Trinajstić information content (AvgIpc) is 3.40. The number of halogens is 2. The maximum Gasteiger partial charge on any atom is 0.320 e. The molecule has 0 saturated carbocycles. The van der Waals surface area contributed by atoms with E-state index in [1.807, 2.05) is 36.4 Å². The van der Waals surface area contributed by atoms with Gasteiger partial charge in [-0.2, -0.15) is 4.98 Å². The third kappa shape index (κ3) is 7.33. The van der Waals surface area contributed by atoms with Crippen molar-refractivity contribution in [3.05, 3.63) is 77.4 Å². The first-order chi connectivity index (χ1) is 19.5. The minimum absolute atomic E-state index is 0.0212. The number of methoxy groups -OCH3 is 2. The molecule has 10 heteroatoms. The van der Waals surface area contributed by atoms with Gasteiger partial charge < -0.3 is 18.7 Å². The van der Waals surface area contributed by atoms with Crippen molar-refractivity contribution in [3.63, 3.8) is 0 Å². The van der Waals surface area contributed by atoms with Crippen molar-refractivity contribution < 1.29 is 32.3 Å². The second kappa shape index (κ2) is 12.6. The first-order valence-electron chi connectivity index (χ1n) is 13.0. The number of benzene rings is 3. The van der Waals surface area contributed by atoms with E-state index in [2.05, 4.69) is 10.1 Å². The molecular weight excluding hydrogens is 532 g/mol. The van der Waals surface area contributed by atoms with Gasteiger partial charge >= 0.3 is 5.97 Å². The fourth-order valence-electron chi connectivity index (χ4n) is 4.44. The van der Waals surface area contributed by atoms with Crippen LogP contribution in [-0.2, 0) is 27.4 Å². The molecule has 0 radical (unpaired) electrons. The van der Waals surface area contributed by atoms with Gasteiger partial charge in [0.25, 0.3) is 5.89 Å². The first-order valence-corrected chi connectivity index (χ1v) is 13.0. The van der Waals surface area contributed by atoms with Crippen molar-refractivity contribution in [2.45, 2.75) is 39.5 Å². The Labute approximate surface area is 237 Å². The third-order valence-electron chi connectivity index (χ3n) is 6.08. The summed E-state index contributed by atoms with van der Waals surface area (Å²) in [4.78, 5) is 18.2. The molecule has 8 nitrogen and oxygen atoms in total. The van der Waals surface area contributed by atoms with Crippen molar-refractivity contribution in [1.29, 1.82) is 0 Å². The lowest BCUT2D eigenvalue weighted by Gasteiger charge is -2.22. The molecule has 0 saturated heterocycles. The second-order valence-corrected chi connectivity index (χ2v) is 10.6. The van der Waals surface area contributed by atoms with E-state index in [1.165, 1.54) is 6.07 Å². The number of rotatable bonds is 10. The largest absolute Gasteiger partial charge is 0.496 e. The van der Waals surface area contributed by atoms with E-state index in [0.717, 1.165) is 22.8 Å². The predicted molar refractivity (Wildman–Crippen MR) is 150 cm³/mol. The van der Waals surface area contributed by atoms with Gasteiger partial charge in [0.2, 0.25) is 5.82 Å². The topological polar surface area (TPSA) is 86.9 Å². The molecule has 0 aliphatic carbocycles. The monoisotopic (exact) mass is 565 g/mol. The van der Waals surface area contributed by atoms with Gasteiger partial charge in [0, 0.05) is 24.8 Å². The molecule has 216 valence electrons. The quantitative estimate of drug-likeness (QED) is 0.208. The Kier molecular flexibility index (Phi) is 9.14. The summed E-state index contributed by atoms with van der Waals surface area (Å²) in [5.74, 6) is -1.83. The Morgan fingerprint density at radius 2 is 1.76 bits per heavy atom.